The van der Waals surface area contributed by atoms with Crippen LogP contribution >= 0.6 is 11.3 Å². The van der Waals surface area contributed by atoms with E-state index in [0.29, 0.717) is 36.1 Å². The molecule has 1 aromatic rings. The summed E-state index contributed by atoms with van der Waals surface area (Å²) >= 11 is 1.18. The Bertz CT molecular complexity index is 485. The lowest BCUT2D eigenvalue weighted by Gasteiger charge is -2.06. The molecule has 0 spiro atoms. The molecule has 112 valence electrons. The second-order valence-electron chi connectivity index (χ2n) is 3.94. The van der Waals surface area contributed by atoms with Crippen molar-refractivity contribution in [3.8, 4) is 0 Å². The monoisotopic (exact) mass is 300 g/mol. The highest BCUT2D eigenvalue weighted by atomic mass is 32.1. The molecule has 0 unspecified atom stereocenters. The van der Waals surface area contributed by atoms with Crippen LogP contribution in [0.4, 0.5) is 10.7 Å². The van der Waals surface area contributed by atoms with Crippen molar-refractivity contribution in [3.63, 3.8) is 0 Å². The van der Waals surface area contributed by atoms with E-state index < -0.39 is 5.97 Å². The molecule has 0 amide bonds. The first-order valence-corrected chi connectivity index (χ1v) is 7.23. The van der Waals surface area contributed by atoms with Crippen molar-refractivity contribution in [1.82, 2.24) is 0 Å². The standard InChI is InChI=1S/C13H20N2O4S/c1-4-8(16)11-10(14)9(13(17)18-3)12(20-11)15-6-7-19-5-2/h15H,4-7,14H2,1-3H3. The number of nitrogen functional groups attached to an aromatic ring is 1. The Morgan fingerprint density at radius 1 is 1.35 bits per heavy atom. The summed E-state index contributed by atoms with van der Waals surface area (Å²) < 4.78 is 9.93. The van der Waals surface area contributed by atoms with E-state index in [1.807, 2.05) is 6.92 Å². The number of hydrogen-bond acceptors (Lipinski definition) is 7. The predicted octanol–water partition coefficient (Wildman–Crippen LogP) is 2.16. The fourth-order valence-corrected chi connectivity index (χ4v) is 2.77. The zero-order valence-corrected chi connectivity index (χ0v) is 12.8. The number of Topliss-reactive ketones (excluding diaryl/α,β-unsaturated/α-hetero) is 1. The summed E-state index contributed by atoms with van der Waals surface area (Å²) in [5, 5.41) is 3.61. The minimum absolute atomic E-state index is 0.0875. The van der Waals surface area contributed by atoms with Gasteiger partial charge in [-0.25, -0.2) is 4.79 Å². The Morgan fingerprint density at radius 3 is 2.60 bits per heavy atom. The quantitative estimate of drug-likeness (QED) is 0.434. The number of methoxy groups -OCH3 is 1. The van der Waals surface area contributed by atoms with Crippen LogP contribution in [0.3, 0.4) is 0 Å². The Balaban J connectivity index is 3.01. The summed E-state index contributed by atoms with van der Waals surface area (Å²) in [6.45, 7) is 5.31. The van der Waals surface area contributed by atoms with Gasteiger partial charge in [0.05, 0.1) is 24.3 Å². The van der Waals surface area contributed by atoms with E-state index in [1.54, 1.807) is 6.92 Å². The molecule has 0 radical (unpaired) electrons. The predicted molar refractivity (Wildman–Crippen MR) is 79.7 cm³/mol. The summed E-state index contributed by atoms with van der Waals surface area (Å²) in [5.74, 6) is -0.636. The summed E-state index contributed by atoms with van der Waals surface area (Å²) in [6, 6.07) is 0. The molecule has 1 rings (SSSR count). The third kappa shape index (κ3) is 3.71. The Kier molecular flexibility index (Phi) is 6.47. The van der Waals surface area contributed by atoms with Crippen LogP contribution in [0.1, 0.15) is 40.3 Å². The van der Waals surface area contributed by atoms with E-state index >= 15 is 0 Å². The molecule has 0 atom stereocenters. The van der Waals surface area contributed by atoms with Crippen LogP contribution in [0.5, 0.6) is 0 Å². The van der Waals surface area contributed by atoms with E-state index in [1.165, 1.54) is 18.4 Å². The molecule has 6 nitrogen and oxygen atoms in total. The Morgan fingerprint density at radius 2 is 2.05 bits per heavy atom. The van der Waals surface area contributed by atoms with Gasteiger partial charge in [-0.2, -0.15) is 0 Å². The number of thiophene rings is 1. The Labute approximate surface area is 122 Å². The van der Waals surface area contributed by atoms with Gasteiger partial charge in [0.25, 0.3) is 0 Å². The molecule has 1 aromatic heterocycles. The van der Waals surface area contributed by atoms with Gasteiger partial charge in [0.15, 0.2) is 5.78 Å². The zero-order valence-electron chi connectivity index (χ0n) is 11.9. The molecular formula is C13H20N2O4S. The number of nitrogens with two attached hydrogens (primary N) is 1. The number of hydrogen-bond donors (Lipinski definition) is 2. The number of ketones is 1. The second-order valence-corrected chi connectivity index (χ2v) is 4.96. The third-order valence-electron chi connectivity index (χ3n) is 2.65. The number of ether oxygens (including phenoxy) is 2. The van der Waals surface area contributed by atoms with E-state index in [4.69, 9.17) is 15.2 Å². The van der Waals surface area contributed by atoms with Gasteiger partial charge < -0.3 is 20.5 Å². The maximum atomic E-state index is 11.8. The van der Waals surface area contributed by atoms with Gasteiger partial charge in [0, 0.05) is 19.6 Å². The minimum Gasteiger partial charge on any atom is -0.465 e. The van der Waals surface area contributed by atoms with Crippen LogP contribution in [-0.4, -0.2) is 38.6 Å². The van der Waals surface area contributed by atoms with Gasteiger partial charge in [0.1, 0.15) is 10.6 Å². The molecule has 7 heteroatoms. The van der Waals surface area contributed by atoms with Crippen LogP contribution in [-0.2, 0) is 9.47 Å². The molecule has 3 N–H and O–H groups in total. The molecule has 20 heavy (non-hydrogen) atoms. The molecule has 1 heterocycles. The van der Waals surface area contributed by atoms with Crippen LogP contribution in [0, 0.1) is 0 Å². The second kappa shape index (κ2) is 7.86. The van der Waals surface area contributed by atoms with Gasteiger partial charge in [-0.3, -0.25) is 4.79 Å². The average molecular weight is 300 g/mol. The van der Waals surface area contributed by atoms with Crippen molar-refractivity contribution in [2.45, 2.75) is 20.3 Å². The van der Waals surface area contributed by atoms with Crippen LogP contribution in [0.25, 0.3) is 0 Å². The smallest absolute Gasteiger partial charge is 0.343 e. The lowest BCUT2D eigenvalue weighted by molar-refractivity contribution is 0.0603. The van der Waals surface area contributed by atoms with Crippen LogP contribution < -0.4 is 11.1 Å². The number of carbonyl (C=O) groups excluding carboxylic acids is 2. The molecule has 0 saturated heterocycles. The van der Waals surface area contributed by atoms with Gasteiger partial charge >= 0.3 is 5.97 Å². The molecule has 0 bridgehead atoms. The summed E-state index contributed by atoms with van der Waals surface area (Å²) in [4.78, 5) is 24.0. The first-order chi connectivity index (χ1) is 9.56. The number of rotatable bonds is 8. The maximum absolute atomic E-state index is 11.8. The number of nitrogens with one attached hydrogen (secondary N) is 1. The van der Waals surface area contributed by atoms with Crippen LogP contribution in [0.2, 0.25) is 0 Å². The van der Waals surface area contributed by atoms with Crippen molar-refractivity contribution in [2.24, 2.45) is 0 Å². The fraction of sp³-hybridized carbons (Fsp3) is 0.538. The van der Waals surface area contributed by atoms with Gasteiger partial charge in [-0.1, -0.05) is 6.92 Å². The van der Waals surface area contributed by atoms with E-state index in [2.05, 4.69) is 5.32 Å². The molecule has 0 fully saturated rings. The highest BCUT2D eigenvalue weighted by molar-refractivity contribution is 7.19. The first-order valence-electron chi connectivity index (χ1n) is 6.42. The fourth-order valence-electron chi connectivity index (χ4n) is 1.62. The maximum Gasteiger partial charge on any atom is 0.343 e. The molecule has 0 saturated carbocycles. The lowest BCUT2D eigenvalue weighted by Crippen LogP contribution is -2.12. The molecule has 0 aliphatic carbocycles. The Hall–Kier alpha value is -1.60. The van der Waals surface area contributed by atoms with E-state index in [9.17, 15) is 9.59 Å². The van der Waals surface area contributed by atoms with Crippen LogP contribution in [0.15, 0.2) is 0 Å². The molecular weight excluding hydrogens is 280 g/mol. The zero-order chi connectivity index (χ0) is 15.1. The number of esters is 1. The van der Waals surface area contributed by atoms with Crippen molar-refractivity contribution in [3.05, 3.63) is 10.4 Å². The summed E-state index contributed by atoms with van der Waals surface area (Å²) in [7, 11) is 1.28. The highest BCUT2D eigenvalue weighted by Gasteiger charge is 2.25. The molecule has 0 aliphatic heterocycles. The normalized spacial score (nSPS) is 10.3. The van der Waals surface area contributed by atoms with Gasteiger partial charge in [0.2, 0.25) is 0 Å². The van der Waals surface area contributed by atoms with Crippen molar-refractivity contribution in [2.75, 3.05) is 37.9 Å². The third-order valence-corrected chi connectivity index (χ3v) is 3.85. The average Bonchev–Trinajstić information content (AvgIpc) is 2.79. The highest BCUT2D eigenvalue weighted by Crippen LogP contribution is 2.36. The molecule has 0 aliphatic rings. The largest absolute Gasteiger partial charge is 0.465 e. The number of carbonyl (C=O) groups is 2. The molecule has 0 aromatic carbocycles. The van der Waals surface area contributed by atoms with E-state index in [0.717, 1.165) is 0 Å². The van der Waals surface area contributed by atoms with Crippen molar-refractivity contribution >= 4 is 33.8 Å². The van der Waals surface area contributed by atoms with Gasteiger partial charge in [-0.15, -0.1) is 11.3 Å². The summed E-state index contributed by atoms with van der Waals surface area (Å²) in [6.07, 6.45) is 0.337. The first kappa shape index (κ1) is 16.5. The SMILES string of the molecule is CCOCCNc1sc(C(=O)CC)c(N)c1C(=O)OC. The van der Waals surface area contributed by atoms with Crippen molar-refractivity contribution < 1.29 is 19.1 Å². The lowest BCUT2D eigenvalue weighted by atomic mass is 10.2. The van der Waals surface area contributed by atoms with E-state index in [-0.39, 0.29) is 17.0 Å². The summed E-state index contributed by atoms with van der Waals surface area (Å²) in [5.41, 5.74) is 6.32. The van der Waals surface area contributed by atoms with Crippen molar-refractivity contribution in [1.29, 1.82) is 0 Å². The number of anilines is 2. The van der Waals surface area contributed by atoms with Gasteiger partial charge in [-0.05, 0) is 6.92 Å². The topological polar surface area (TPSA) is 90.6 Å². The minimum atomic E-state index is -0.548.